The summed E-state index contributed by atoms with van der Waals surface area (Å²) in [5, 5.41) is 9.70. The number of β-amino-alcohol motifs (C(OH)–C–C–N with tert-alkyl or cyclic N) is 1. The summed E-state index contributed by atoms with van der Waals surface area (Å²) in [4.78, 5) is 22.0. The van der Waals surface area contributed by atoms with Gasteiger partial charge in [-0.1, -0.05) is 0 Å². The number of hydrogen-bond donors (Lipinski definition) is 1. The topological polar surface area (TPSA) is 69.8 Å². The molecule has 1 aliphatic rings. The molecule has 0 atom stereocenters. The summed E-state index contributed by atoms with van der Waals surface area (Å²) in [6.45, 7) is 5.67. The smallest absolute Gasteiger partial charge is 0.273 e. The van der Waals surface area contributed by atoms with Gasteiger partial charge in [-0.25, -0.2) is 4.98 Å². The first-order valence-corrected chi connectivity index (χ1v) is 8.14. The zero-order valence-corrected chi connectivity index (χ0v) is 13.3. The van der Waals surface area contributed by atoms with Crippen molar-refractivity contribution in [3.63, 3.8) is 0 Å². The van der Waals surface area contributed by atoms with Crippen molar-refractivity contribution in [1.29, 1.82) is 0 Å². The van der Waals surface area contributed by atoms with E-state index in [1.165, 1.54) is 11.3 Å². The Balaban J connectivity index is 1.71. The van der Waals surface area contributed by atoms with E-state index in [0.29, 0.717) is 31.1 Å². The van der Waals surface area contributed by atoms with Crippen molar-refractivity contribution >= 4 is 17.2 Å². The Morgan fingerprint density at radius 3 is 2.82 bits per heavy atom. The first kappa shape index (κ1) is 15.2. The van der Waals surface area contributed by atoms with Crippen molar-refractivity contribution in [3.8, 4) is 10.8 Å². The first-order valence-electron chi connectivity index (χ1n) is 7.33. The molecule has 0 aromatic carbocycles. The maximum Gasteiger partial charge on any atom is 0.273 e. The normalized spacial score (nSPS) is 16.2. The Morgan fingerprint density at radius 1 is 1.41 bits per heavy atom. The highest BCUT2D eigenvalue weighted by atomic mass is 32.1. The highest BCUT2D eigenvalue weighted by Crippen LogP contribution is 2.28. The first-order chi connectivity index (χ1) is 10.7. The minimum absolute atomic E-state index is 0.0183. The number of aryl methyl sites for hydroxylation is 1. The zero-order valence-electron chi connectivity index (χ0n) is 12.5. The lowest BCUT2D eigenvalue weighted by molar-refractivity contribution is 0.0609. The highest BCUT2D eigenvalue weighted by molar-refractivity contribution is 7.15. The lowest BCUT2D eigenvalue weighted by atomic mass is 10.2. The molecule has 1 fully saturated rings. The van der Waals surface area contributed by atoms with Gasteiger partial charge in [-0.05, 0) is 19.1 Å². The lowest BCUT2D eigenvalue weighted by Gasteiger charge is -2.34. The van der Waals surface area contributed by atoms with Gasteiger partial charge in [0.05, 0.1) is 12.9 Å². The van der Waals surface area contributed by atoms with E-state index in [-0.39, 0.29) is 12.5 Å². The van der Waals surface area contributed by atoms with Crippen LogP contribution in [0.3, 0.4) is 0 Å². The number of amides is 1. The van der Waals surface area contributed by atoms with E-state index in [2.05, 4.69) is 9.88 Å². The Kier molecular flexibility index (Phi) is 4.56. The molecule has 1 aliphatic heterocycles. The molecule has 1 N–H and O–H groups in total. The van der Waals surface area contributed by atoms with Gasteiger partial charge in [0.15, 0.2) is 10.8 Å². The number of aliphatic hydroxyl groups is 1. The van der Waals surface area contributed by atoms with Crippen molar-refractivity contribution in [2.75, 3.05) is 39.3 Å². The van der Waals surface area contributed by atoms with E-state index >= 15 is 0 Å². The molecule has 0 aliphatic carbocycles. The summed E-state index contributed by atoms with van der Waals surface area (Å²) in [7, 11) is 0. The number of aliphatic hydroxyl groups excluding tert-OH is 1. The second-order valence-corrected chi connectivity index (χ2v) is 6.46. The summed E-state index contributed by atoms with van der Waals surface area (Å²) >= 11 is 1.48. The minimum Gasteiger partial charge on any atom is -0.462 e. The second kappa shape index (κ2) is 6.60. The zero-order chi connectivity index (χ0) is 15.5. The van der Waals surface area contributed by atoms with Crippen LogP contribution in [0.25, 0.3) is 10.8 Å². The summed E-state index contributed by atoms with van der Waals surface area (Å²) < 4.78 is 5.35. The highest BCUT2D eigenvalue weighted by Gasteiger charge is 2.25. The molecule has 0 radical (unpaired) electrons. The van der Waals surface area contributed by atoms with Crippen molar-refractivity contribution < 1.29 is 14.3 Å². The monoisotopic (exact) mass is 321 g/mol. The number of hydrogen-bond acceptors (Lipinski definition) is 6. The maximum absolute atomic E-state index is 12.6. The molecule has 1 saturated heterocycles. The van der Waals surface area contributed by atoms with Gasteiger partial charge in [0.25, 0.3) is 5.91 Å². The number of piperazine rings is 1. The molecule has 0 unspecified atom stereocenters. The Morgan fingerprint density at radius 2 is 2.18 bits per heavy atom. The Labute approximate surface area is 133 Å². The van der Waals surface area contributed by atoms with Crippen LogP contribution < -0.4 is 0 Å². The van der Waals surface area contributed by atoms with E-state index in [1.54, 1.807) is 6.26 Å². The lowest BCUT2D eigenvalue weighted by Crippen LogP contribution is -2.49. The summed E-state index contributed by atoms with van der Waals surface area (Å²) in [6.07, 6.45) is 1.61. The molecule has 6 nitrogen and oxygen atoms in total. The molecule has 3 heterocycles. The Hall–Kier alpha value is -1.70. The van der Waals surface area contributed by atoms with Crippen LogP contribution >= 0.6 is 11.3 Å². The quantitative estimate of drug-likeness (QED) is 0.923. The largest absolute Gasteiger partial charge is 0.462 e. The third-order valence-corrected chi connectivity index (χ3v) is 4.79. The molecule has 118 valence electrons. The van der Waals surface area contributed by atoms with Crippen molar-refractivity contribution in [2.45, 2.75) is 6.92 Å². The molecule has 0 bridgehead atoms. The molecule has 0 spiro atoms. The third kappa shape index (κ3) is 3.06. The van der Waals surface area contributed by atoms with Gasteiger partial charge in [0, 0.05) is 37.6 Å². The number of nitrogens with zero attached hydrogens (tertiary/aromatic N) is 3. The van der Waals surface area contributed by atoms with Gasteiger partial charge < -0.3 is 14.4 Å². The van der Waals surface area contributed by atoms with Gasteiger partial charge in [-0.3, -0.25) is 9.69 Å². The van der Waals surface area contributed by atoms with Gasteiger partial charge in [-0.15, -0.1) is 11.3 Å². The van der Waals surface area contributed by atoms with Crippen LogP contribution in [-0.2, 0) is 0 Å². The molecule has 1 amide bonds. The standard InChI is InChI=1S/C15H19N3O3S/c1-11-13(16-14(22-11)12-3-2-10-21-12)15(20)18-6-4-17(5-7-18)8-9-19/h2-3,10,19H,4-9H2,1H3. The summed E-state index contributed by atoms with van der Waals surface area (Å²) in [6, 6.07) is 3.66. The Bertz CT molecular complexity index is 631. The van der Waals surface area contributed by atoms with Gasteiger partial charge in [-0.2, -0.15) is 0 Å². The molecule has 2 aromatic heterocycles. The van der Waals surface area contributed by atoms with Crippen LogP contribution in [-0.4, -0.2) is 65.1 Å². The fourth-order valence-electron chi connectivity index (χ4n) is 2.57. The second-order valence-electron chi connectivity index (χ2n) is 5.26. The van der Waals surface area contributed by atoms with Gasteiger partial charge in [0.2, 0.25) is 0 Å². The van der Waals surface area contributed by atoms with E-state index in [1.807, 2.05) is 24.0 Å². The molecule has 7 heteroatoms. The number of carbonyl (C=O) groups excluding carboxylic acids is 1. The van der Waals surface area contributed by atoms with Crippen molar-refractivity contribution in [3.05, 3.63) is 29.0 Å². The minimum atomic E-state index is -0.0183. The van der Waals surface area contributed by atoms with Crippen LogP contribution in [0.5, 0.6) is 0 Å². The average Bonchev–Trinajstić information content (AvgIpc) is 3.17. The van der Waals surface area contributed by atoms with Crippen LogP contribution in [0.2, 0.25) is 0 Å². The molecule has 2 aromatic rings. The fourth-order valence-corrected chi connectivity index (χ4v) is 3.44. The molecule has 22 heavy (non-hydrogen) atoms. The molecular formula is C15H19N3O3S. The number of carbonyl (C=O) groups is 1. The number of thiazole rings is 1. The molecule has 0 saturated carbocycles. The number of rotatable bonds is 4. The average molecular weight is 321 g/mol. The van der Waals surface area contributed by atoms with Crippen molar-refractivity contribution in [2.24, 2.45) is 0 Å². The number of aromatic nitrogens is 1. The fraction of sp³-hybridized carbons (Fsp3) is 0.467. The van der Waals surface area contributed by atoms with Crippen molar-refractivity contribution in [1.82, 2.24) is 14.8 Å². The summed E-state index contributed by atoms with van der Waals surface area (Å²) in [5.41, 5.74) is 0.520. The van der Waals surface area contributed by atoms with E-state index in [9.17, 15) is 4.79 Å². The predicted molar refractivity (Wildman–Crippen MR) is 84.0 cm³/mol. The van der Waals surface area contributed by atoms with Gasteiger partial charge in [0.1, 0.15) is 5.69 Å². The van der Waals surface area contributed by atoms with E-state index in [4.69, 9.17) is 9.52 Å². The van der Waals surface area contributed by atoms with Crippen LogP contribution in [0.4, 0.5) is 0 Å². The van der Waals surface area contributed by atoms with E-state index in [0.717, 1.165) is 23.0 Å². The van der Waals surface area contributed by atoms with Crippen LogP contribution in [0.1, 0.15) is 15.4 Å². The third-order valence-electron chi connectivity index (χ3n) is 3.81. The molecule has 3 rings (SSSR count). The maximum atomic E-state index is 12.6. The summed E-state index contributed by atoms with van der Waals surface area (Å²) in [5.74, 6) is 0.676. The van der Waals surface area contributed by atoms with E-state index < -0.39 is 0 Å². The van der Waals surface area contributed by atoms with Crippen LogP contribution in [0, 0.1) is 6.92 Å². The van der Waals surface area contributed by atoms with Crippen LogP contribution in [0.15, 0.2) is 22.8 Å². The molecular weight excluding hydrogens is 302 g/mol. The predicted octanol–water partition coefficient (Wildman–Crippen LogP) is 1.46. The number of furan rings is 1. The van der Waals surface area contributed by atoms with Gasteiger partial charge >= 0.3 is 0 Å². The SMILES string of the molecule is Cc1sc(-c2ccco2)nc1C(=O)N1CCN(CCO)CC1.